The Hall–Kier alpha value is -3.14. The van der Waals surface area contributed by atoms with Crippen LogP contribution in [0.1, 0.15) is 59.1 Å². The van der Waals surface area contributed by atoms with Crippen molar-refractivity contribution in [2.24, 2.45) is 0 Å². The molecule has 190 valence electrons. The molecule has 1 spiro atoms. The van der Waals surface area contributed by atoms with Crippen LogP contribution in [0.3, 0.4) is 0 Å². The molecule has 37 heavy (non-hydrogen) atoms. The summed E-state index contributed by atoms with van der Waals surface area (Å²) in [5.41, 5.74) is 9.73. The van der Waals surface area contributed by atoms with Gasteiger partial charge in [-0.3, -0.25) is 4.21 Å². The molecule has 2 atom stereocenters. The van der Waals surface area contributed by atoms with Crippen LogP contribution >= 0.6 is 11.3 Å². The van der Waals surface area contributed by atoms with Crippen LogP contribution in [-0.2, 0) is 29.1 Å². The van der Waals surface area contributed by atoms with Gasteiger partial charge < -0.3 is 15.2 Å². The van der Waals surface area contributed by atoms with Gasteiger partial charge in [0.2, 0.25) is 0 Å². The fourth-order valence-corrected chi connectivity index (χ4v) is 8.36. The SMILES string of the molecule is CN1CC(n2ncc3c(S(C)=O)nc(-c4noc5c4CCC[C@@]54CCCc5sc(N)c(C#N)c54)nc32)C1. The second kappa shape index (κ2) is 8.18. The third kappa shape index (κ3) is 3.20. The fraction of sp³-hybridized carbons (Fsp3) is 0.480. The van der Waals surface area contributed by atoms with Gasteiger partial charge >= 0.3 is 0 Å². The molecular weight excluding hydrogens is 508 g/mol. The first-order valence-electron chi connectivity index (χ1n) is 12.5. The minimum atomic E-state index is -1.33. The molecule has 4 aromatic rings. The Balaban J connectivity index is 1.41. The summed E-state index contributed by atoms with van der Waals surface area (Å²) in [6, 6.07) is 2.58. The number of hydrogen-bond acceptors (Lipinski definition) is 10. The Morgan fingerprint density at radius 1 is 1.27 bits per heavy atom. The maximum absolute atomic E-state index is 12.7. The van der Waals surface area contributed by atoms with Crippen LogP contribution in [0.15, 0.2) is 15.7 Å². The molecule has 5 heterocycles. The maximum Gasteiger partial charge on any atom is 0.185 e. The van der Waals surface area contributed by atoms with Crippen molar-refractivity contribution in [1.29, 1.82) is 5.26 Å². The number of nitriles is 1. The highest BCUT2D eigenvalue weighted by Crippen LogP contribution is 2.55. The number of anilines is 1. The zero-order valence-electron chi connectivity index (χ0n) is 20.7. The smallest absolute Gasteiger partial charge is 0.185 e. The lowest BCUT2D eigenvalue weighted by atomic mass is 9.63. The van der Waals surface area contributed by atoms with Crippen molar-refractivity contribution in [3.63, 3.8) is 0 Å². The molecule has 4 aromatic heterocycles. The maximum atomic E-state index is 12.7. The number of nitrogens with two attached hydrogens (primary N) is 1. The summed E-state index contributed by atoms with van der Waals surface area (Å²) in [6.07, 6.45) is 8.76. The Labute approximate surface area is 219 Å². The van der Waals surface area contributed by atoms with E-state index in [0.717, 1.165) is 68.5 Å². The summed E-state index contributed by atoms with van der Waals surface area (Å²) >= 11 is 1.53. The third-order valence-electron chi connectivity index (χ3n) is 8.15. The van der Waals surface area contributed by atoms with Crippen molar-refractivity contribution >= 4 is 38.2 Å². The molecule has 12 heteroatoms. The molecule has 2 aliphatic carbocycles. The number of thiophene rings is 1. The van der Waals surface area contributed by atoms with Gasteiger partial charge in [-0.05, 0) is 51.1 Å². The van der Waals surface area contributed by atoms with Crippen LogP contribution in [0.5, 0.6) is 0 Å². The number of hydrogen-bond donors (Lipinski definition) is 1. The summed E-state index contributed by atoms with van der Waals surface area (Å²) in [5.74, 6) is 1.22. The average molecular weight is 535 g/mol. The molecule has 3 aliphatic rings. The first-order chi connectivity index (χ1) is 17.9. The van der Waals surface area contributed by atoms with Crippen LogP contribution in [-0.4, -0.2) is 60.4 Å². The monoisotopic (exact) mass is 534 g/mol. The number of aryl methyl sites for hydroxylation is 1. The largest absolute Gasteiger partial charge is 0.389 e. The second-order valence-corrected chi connectivity index (χ2v) is 12.8. The van der Waals surface area contributed by atoms with Crippen molar-refractivity contribution in [3.05, 3.63) is 33.5 Å². The van der Waals surface area contributed by atoms with Crippen LogP contribution in [0.25, 0.3) is 22.6 Å². The summed E-state index contributed by atoms with van der Waals surface area (Å²) in [5, 5.41) is 20.8. The van der Waals surface area contributed by atoms with E-state index in [1.165, 1.54) is 16.2 Å². The molecule has 0 saturated carbocycles. The average Bonchev–Trinajstić information content (AvgIpc) is 3.57. The van der Waals surface area contributed by atoms with Gasteiger partial charge in [-0.1, -0.05) is 5.16 Å². The molecular formula is C25H26N8O2S2. The predicted molar refractivity (Wildman–Crippen MR) is 140 cm³/mol. The number of likely N-dealkylation sites (N-methyl/N-ethyl adjacent to an activating group) is 1. The van der Waals surface area contributed by atoms with E-state index in [1.807, 2.05) is 4.68 Å². The van der Waals surface area contributed by atoms with Gasteiger partial charge in [0.15, 0.2) is 22.9 Å². The molecule has 0 radical (unpaired) electrons. The Bertz CT molecular complexity index is 1640. The van der Waals surface area contributed by atoms with E-state index in [9.17, 15) is 9.47 Å². The lowest BCUT2D eigenvalue weighted by Crippen LogP contribution is -2.45. The zero-order chi connectivity index (χ0) is 25.5. The number of rotatable bonds is 3. The first kappa shape index (κ1) is 23.0. The second-order valence-electron chi connectivity index (χ2n) is 10.4. The lowest BCUT2D eigenvalue weighted by Gasteiger charge is -2.39. The minimum Gasteiger partial charge on any atom is -0.389 e. The number of fused-ring (bicyclic) bond motifs is 5. The van der Waals surface area contributed by atoms with Gasteiger partial charge in [0.1, 0.15) is 16.1 Å². The predicted octanol–water partition coefficient (Wildman–Crippen LogP) is 3.18. The molecule has 10 nitrogen and oxygen atoms in total. The van der Waals surface area contributed by atoms with Crippen molar-refractivity contribution in [1.82, 2.24) is 29.8 Å². The van der Waals surface area contributed by atoms with Crippen molar-refractivity contribution in [3.8, 4) is 17.6 Å². The molecule has 0 aromatic carbocycles. The standard InChI is InChI=1S/C25H26N8O2S2/c1-32-11-13(12-32)33-23-16(10-28-33)24(37(2)34)30-22(29-23)19-14-5-3-7-25(20(14)35-31-19)8-4-6-17-18(25)15(9-26)21(27)36-17/h10,13H,3-8,11-12,27H2,1-2H3/t25-,37?/m0/s1. The molecule has 0 amide bonds. The Kier molecular flexibility index (Phi) is 5.09. The van der Waals surface area contributed by atoms with Gasteiger partial charge in [-0.2, -0.15) is 10.4 Å². The fourth-order valence-electron chi connectivity index (χ4n) is 6.53. The van der Waals surface area contributed by atoms with E-state index in [1.54, 1.807) is 12.5 Å². The van der Waals surface area contributed by atoms with Crippen molar-refractivity contribution in [2.45, 2.75) is 55.0 Å². The Morgan fingerprint density at radius 3 is 2.78 bits per heavy atom. The zero-order valence-corrected chi connectivity index (χ0v) is 22.3. The van der Waals surface area contributed by atoms with Crippen LogP contribution in [0, 0.1) is 11.3 Å². The van der Waals surface area contributed by atoms with E-state index in [-0.39, 0.29) is 6.04 Å². The topological polar surface area (TPSA) is 140 Å². The third-order valence-corrected chi connectivity index (χ3v) is 10.1. The summed E-state index contributed by atoms with van der Waals surface area (Å²) in [4.78, 5) is 13.0. The van der Waals surface area contributed by atoms with Crippen molar-refractivity contribution in [2.75, 3.05) is 32.1 Å². The lowest BCUT2D eigenvalue weighted by molar-refractivity contribution is 0.133. The highest BCUT2D eigenvalue weighted by atomic mass is 32.2. The summed E-state index contributed by atoms with van der Waals surface area (Å²) < 4.78 is 20.8. The number of likely N-dealkylation sites (tertiary alicyclic amines) is 1. The molecule has 1 aliphatic heterocycles. The van der Waals surface area contributed by atoms with Crippen molar-refractivity contribution < 1.29 is 8.73 Å². The molecule has 2 N–H and O–H groups in total. The van der Waals surface area contributed by atoms with Gasteiger partial charge in [0.25, 0.3) is 0 Å². The van der Waals surface area contributed by atoms with Crippen LogP contribution in [0.2, 0.25) is 0 Å². The number of nitrogens with zero attached hydrogens (tertiary/aromatic N) is 7. The van der Waals surface area contributed by atoms with Gasteiger partial charge in [0, 0.05) is 29.8 Å². The highest BCUT2D eigenvalue weighted by Gasteiger charge is 2.48. The molecule has 1 saturated heterocycles. The normalized spacial score (nSPS) is 22.5. The molecule has 1 unspecified atom stereocenters. The molecule has 7 rings (SSSR count). The first-order valence-corrected chi connectivity index (χ1v) is 14.9. The van der Waals surface area contributed by atoms with E-state index in [0.29, 0.717) is 38.1 Å². The summed E-state index contributed by atoms with van der Waals surface area (Å²) in [6.45, 7) is 1.77. The molecule has 0 bridgehead atoms. The van der Waals surface area contributed by atoms with E-state index in [4.69, 9.17) is 20.2 Å². The highest BCUT2D eigenvalue weighted by molar-refractivity contribution is 7.84. The Morgan fingerprint density at radius 2 is 2.05 bits per heavy atom. The van der Waals surface area contributed by atoms with Gasteiger partial charge in [0.05, 0.1) is 39.4 Å². The summed E-state index contributed by atoms with van der Waals surface area (Å²) in [7, 11) is 0.740. The molecule has 1 fully saturated rings. The quantitative estimate of drug-likeness (QED) is 0.392. The minimum absolute atomic E-state index is 0.215. The van der Waals surface area contributed by atoms with Gasteiger partial charge in [-0.25, -0.2) is 14.6 Å². The van der Waals surface area contributed by atoms with Crippen LogP contribution in [0.4, 0.5) is 5.00 Å². The van der Waals surface area contributed by atoms with Crippen LogP contribution < -0.4 is 5.73 Å². The van der Waals surface area contributed by atoms with E-state index >= 15 is 0 Å². The van der Waals surface area contributed by atoms with E-state index in [2.05, 4.69) is 28.3 Å². The van der Waals surface area contributed by atoms with Gasteiger partial charge in [-0.15, -0.1) is 11.3 Å². The number of aromatic nitrogens is 5. The van der Waals surface area contributed by atoms with E-state index < -0.39 is 16.2 Å². The number of nitrogen functional groups attached to an aromatic ring is 1.